The van der Waals surface area contributed by atoms with Gasteiger partial charge in [0.05, 0.1) is 48.9 Å². The summed E-state index contributed by atoms with van der Waals surface area (Å²) in [6.45, 7) is 0.272. The zero-order valence-electron chi connectivity index (χ0n) is 25.8. The minimum Gasteiger partial charge on any atom is -0.471 e. The Hall–Kier alpha value is -4.07. The number of carbonyl (C=O) groups is 1. The first kappa shape index (κ1) is 24.4. The highest BCUT2D eigenvalue weighted by molar-refractivity contribution is 5.96. The zero-order chi connectivity index (χ0) is 32.2. The number of alkyl halides is 2. The molecule has 0 aliphatic carbocycles. The molecule has 1 aromatic carbocycles. The molecule has 0 spiro atoms. The molecule has 0 unspecified atom stereocenters. The van der Waals surface area contributed by atoms with Crippen LogP contribution in [0.2, 0.25) is 0 Å². The number of likely N-dealkylation sites (tertiary alicyclic amines) is 1. The van der Waals surface area contributed by atoms with Gasteiger partial charge in [-0.05, 0) is 24.6 Å². The number of carbonyl (C=O) groups excluding carboxylic acids is 1. The third-order valence-electron chi connectivity index (χ3n) is 8.14. The lowest BCUT2D eigenvalue weighted by atomic mass is 10.00. The summed E-state index contributed by atoms with van der Waals surface area (Å²) in [5.41, 5.74) is 0.270. The van der Waals surface area contributed by atoms with E-state index in [1.807, 2.05) is 12.1 Å². The number of ether oxygens (including phenoxy) is 3. The Morgan fingerprint density at radius 2 is 2.14 bits per heavy atom. The largest absolute Gasteiger partial charge is 0.471 e. The van der Waals surface area contributed by atoms with Crippen LogP contribution in [0.25, 0.3) is 27.9 Å². The fourth-order valence-electron chi connectivity index (χ4n) is 5.90. The molecular formula is C30H29F3N6O4. The van der Waals surface area contributed by atoms with Crippen molar-refractivity contribution in [3.63, 3.8) is 0 Å². The number of nitrogens with one attached hydrogen (secondary N) is 1. The van der Waals surface area contributed by atoms with Gasteiger partial charge in [-0.15, -0.1) is 0 Å². The van der Waals surface area contributed by atoms with Crippen LogP contribution in [0.5, 0.6) is 5.88 Å². The first-order valence-electron chi connectivity index (χ1n) is 15.4. The van der Waals surface area contributed by atoms with Gasteiger partial charge in [-0.1, -0.05) is 6.07 Å². The van der Waals surface area contributed by atoms with Crippen molar-refractivity contribution in [1.29, 1.82) is 0 Å². The van der Waals surface area contributed by atoms with E-state index in [2.05, 4.69) is 20.0 Å². The van der Waals surface area contributed by atoms with Gasteiger partial charge in [0.1, 0.15) is 11.9 Å². The van der Waals surface area contributed by atoms with Gasteiger partial charge in [0.2, 0.25) is 5.88 Å². The molecule has 3 fully saturated rings. The molecule has 13 heteroatoms. The summed E-state index contributed by atoms with van der Waals surface area (Å²) in [5, 5.41) is 6.05. The maximum atomic E-state index is 15.5. The molecule has 3 saturated heterocycles. The molecule has 10 nitrogen and oxygen atoms in total. The van der Waals surface area contributed by atoms with Crippen molar-refractivity contribution >= 4 is 11.6 Å². The normalized spacial score (nSPS) is 23.1. The summed E-state index contributed by atoms with van der Waals surface area (Å²) >= 11 is 0. The molecule has 0 radical (unpaired) electrons. The number of nitrogens with zero attached hydrogens (tertiary/aromatic N) is 5. The van der Waals surface area contributed by atoms with Crippen molar-refractivity contribution in [2.45, 2.75) is 44.1 Å². The van der Waals surface area contributed by atoms with Crippen LogP contribution >= 0.6 is 0 Å². The second kappa shape index (κ2) is 11.2. The molecule has 4 aromatic rings. The molecule has 3 aliphatic heterocycles. The van der Waals surface area contributed by atoms with E-state index in [1.165, 1.54) is 10.7 Å². The number of morpholine rings is 1. The summed E-state index contributed by atoms with van der Waals surface area (Å²) in [6.07, 6.45) is 2.92. The summed E-state index contributed by atoms with van der Waals surface area (Å²) in [6, 6.07) is 5.87. The molecule has 0 saturated carbocycles. The number of amides is 1. The second-order valence-electron chi connectivity index (χ2n) is 10.9. The van der Waals surface area contributed by atoms with Gasteiger partial charge >= 0.3 is 0 Å². The van der Waals surface area contributed by atoms with Crippen LogP contribution in [0, 0.1) is 5.82 Å². The number of fused-ring (bicyclic) bond motifs is 3. The van der Waals surface area contributed by atoms with Crippen molar-refractivity contribution < 1.29 is 36.3 Å². The van der Waals surface area contributed by atoms with E-state index in [1.54, 1.807) is 17.7 Å². The lowest BCUT2D eigenvalue weighted by Gasteiger charge is -2.26. The van der Waals surface area contributed by atoms with Crippen LogP contribution in [0.3, 0.4) is 0 Å². The molecular weight excluding hydrogens is 565 g/mol. The van der Waals surface area contributed by atoms with Crippen LogP contribution in [-0.2, 0) is 16.0 Å². The number of aromatic nitrogens is 4. The molecule has 224 valence electrons. The number of hydrogen-bond donors (Lipinski definition) is 1. The van der Waals surface area contributed by atoms with Crippen LogP contribution in [-0.4, -0.2) is 82.0 Å². The number of rotatable bonds is 8. The molecule has 3 atom stereocenters. The molecule has 3 aliphatic rings. The first-order chi connectivity index (χ1) is 22.0. The summed E-state index contributed by atoms with van der Waals surface area (Å²) in [7, 11) is 0. The second-order valence-corrected chi connectivity index (χ2v) is 10.9. The fraction of sp³-hybridized carbons (Fsp3) is 0.400. The number of benzene rings is 1. The van der Waals surface area contributed by atoms with Crippen LogP contribution in [0.1, 0.15) is 45.0 Å². The third kappa shape index (κ3) is 5.21. The van der Waals surface area contributed by atoms with Gasteiger partial charge in [0.15, 0.2) is 5.65 Å². The lowest BCUT2D eigenvalue weighted by molar-refractivity contribution is 0.0268. The van der Waals surface area contributed by atoms with E-state index < -0.39 is 41.8 Å². The quantitative estimate of drug-likeness (QED) is 0.325. The van der Waals surface area contributed by atoms with Crippen molar-refractivity contribution in [1.82, 2.24) is 29.8 Å². The van der Waals surface area contributed by atoms with Crippen molar-refractivity contribution in [3.05, 3.63) is 65.5 Å². The first-order valence-corrected chi connectivity index (χ1v) is 13.9. The Bertz CT molecular complexity index is 1780. The average Bonchev–Trinajstić information content (AvgIpc) is 3.83. The Morgan fingerprint density at radius 3 is 2.84 bits per heavy atom. The van der Waals surface area contributed by atoms with E-state index in [-0.39, 0.29) is 29.3 Å². The Kier molecular flexibility index (Phi) is 6.36. The zero-order valence-corrected chi connectivity index (χ0v) is 22.8. The van der Waals surface area contributed by atoms with Crippen LogP contribution in [0.15, 0.2) is 42.9 Å². The minimum absolute atomic E-state index is 0.000583. The molecule has 3 aromatic heterocycles. The highest BCUT2D eigenvalue weighted by Crippen LogP contribution is 2.37. The monoisotopic (exact) mass is 597 g/mol. The predicted molar refractivity (Wildman–Crippen MR) is 148 cm³/mol. The molecule has 1 amide bonds. The molecule has 6 heterocycles. The van der Waals surface area contributed by atoms with Gasteiger partial charge in [0.25, 0.3) is 12.3 Å². The molecule has 43 heavy (non-hydrogen) atoms. The van der Waals surface area contributed by atoms with Crippen molar-refractivity contribution in [2.24, 2.45) is 0 Å². The lowest BCUT2D eigenvalue weighted by Crippen LogP contribution is -2.36. The topological polar surface area (TPSA) is 103 Å². The molecule has 7 rings (SSSR count). The number of pyridine rings is 1. The Labute approximate surface area is 249 Å². The van der Waals surface area contributed by atoms with E-state index >= 15 is 4.39 Å². The minimum atomic E-state index is -3.29. The van der Waals surface area contributed by atoms with Gasteiger partial charge in [0, 0.05) is 71.3 Å². The summed E-state index contributed by atoms with van der Waals surface area (Å²) in [4.78, 5) is 24.3. The highest BCUT2D eigenvalue weighted by atomic mass is 19.3. The highest BCUT2D eigenvalue weighted by Gasteiger charge is 2.38. The fourth-order valence-corrected chi connectivity index (χ4v) is 5.90. The standard InChI is InChI=1S/C30H29F3N6O4/c1-34-29(40)17-6-22(26(31)23(7-17)27(32)33)24-10-36-39-13-25(30(37-28(24)39)43-20-4-5-41-15-20)16-2-3-18(35-9-16)11-38-12-21-8-19(38)14-42-21/h2-3,6-7,9-10,13,19-21,27H,4-5,8,11-12,14-15H2,1H3,(H,34,40)/t19-,20+,21-/m1/s1/i1D3. The smallest absolute Gasteiger partial charge is 0.266 e. The number of halogens is 3. The Morgan fingerprint density at radius 1 is 1.23 bits per heavy atom. The number of hydrogen-bond acceptors (Lipinski definition) is 8. The maximum absolute atomic E-state index is 15.5. The SMILES string of the molecule is [2H]C([2H])([2H])NC(=O)c1cc(-c2cnn3cc(-c4ccc(CN5C[C@H]6C[C@@H]5CO6)nc4)c(O[C@H]4CCOC4)nc23)c(F)c(C(F)F)c1. The van der Waals surface area contributed by atoms with Gasteiger partial charge in [-0.25, -0.2) is 17.7 Å². The van der Waals surface area contributed by atoms with Gasteiger partial charge in [-0.2, -0.15) is 10.1 Å². The van der Waals surface area contributed by atoms with Gasteiger partial charge in [-0.3, -0.25) is 14.7 Å². The van der Waals surface area contributed by atoms with Crippen molar-refractivity contribution in [2.75, 3.05) is 33.3 Å². The van der Waals surface area contributed by atoms with Crippen molar-refractivity contribution in [3.8, 4) is 28.1 Å². The molecule has 2 bridgehead atoms. The third-order valence-corrected chi connectivity index (χ3v) is 8.14. The van der Waals surface area contributed by atoms with E-state index in [4.69, 9.17) is 18.3 Å². The van der Waals surface area contributed by atoms with E-state index in [9.17, 15) is 13.6 Å². The summed E-state index contributed by atoms with van der Waals surface area (Å²) in [5.74, 6) is -2.27. The van der Waals surface area contributed by atoms with E-state index in [0.717, 1.165) is 31.3 Å². The van der Waals surface area contributed by atoms with Gasteiger partial charge < -0.3 is 19.5 Å². The average molecular weight is 598 g/mol. The summed E-state index contributed by atoms with van der Waals surface area (Å²) < 4.78 is 84.0. The van der Waals surface area contributed by atoms with Crippen LogP contribution in [0.4, 0.5) is 13.2 Å². The maximum Gasteiger partial charge on any atom is 0.266 e. The Balaban J connectivity index is 1.27. The van der Waals surface area contributed by atoms with Crippen LogP contribution < -0.4 is 10.1 Å². The molecule has 1 N–H and O–H groups in total. The predicted octanol–water partition coefficient (Wildman–Crippen LogP) is 4.04. The van der Waals surface area contributed by atoms with E-state index in [0.29, 0.717) is 49.4 Å².